The summed E-state index contributed by atoms with van der Waals surface area (Å²) in [5, 5.41) is 7.31. The van der Waals surface area contributed by atoms with Crippen molar-refractivity contribution in [1.82, 2.24) is 25.0 Å². The highest BCUT2D eigenvalue weighted by Crippen LogP contribution is 2.19. The number of amides is 1. The van der Waals surface area contributed by atoms with Gasteiger partial charge in [-0.3, -0.25) is 4.79 Å². The number of aromatic nitrogens is 3. The molecule has 0 aliphatic carbocycles. The lowest BCUT2D eigenvalue weighted by Gasteiger charge is -2.34. The van der Waals surface area contributed by atoms with Crippen molar-refractivity contribution in [3.05, 3.63) is 71.2 Å². The molecular formula is C25H30N6O3. The molecule has 0 saturated carbocycles. The zero-order valence-electron chi connectivity index (χ0n) is 19.8. The van der Waals surface area contributed by atoms with Gasteiger partial charge >= 0.3 is 5.97 Å². The van der Waals surface area contributed by atoms with Crippen LogP contribution in [0.2, 0.25) is 0 Å². The monoisotopic (exact) mass is 462 g/mol. The summed E-state index contributed by atoms with van der Waals surface area (Å²) in [5.74, 6) is 0.371. The van der Waals surface area contributed by atoms with E-state index in [2.05, 4.69) is 32.2 Å². The topological polar surface area (TPSA) is 92.6 Å². The highest BCUT2D eigenvalue weighted by Gasteiger charge is 2.19. The molecule has 1 aliphatic rings. The quantitative estimate of drug-likeness (QED) is 0.539. The summed E-state index contributed by atoms with van der Waals surface area (Å²) >= 11 is 0. The second-order valence-corrected chi connectivity index (χ2v) is 8.28. The molecule has 9 heteroatoms. The summed E-state index contributed by atoms with van der Waals surface area (Å²) in [5.41, 5.74) is 3.41. The Morgan fingerprint density at radius 2 is 1.82 bits per heavy atom. The van der Waals surface area contributed by atoms with E-state index in [-0.39, 0.29) is 5.91 Å². The number of hydrogen-bond donors (Lipinski definition) is 1. The van der Waals surface area contributed by atoms with Gasteiger partial charge in [0.1, 0.15) is 11.4 Å². The van der Waals surface area contributed by atoms with E-state index >= 15 is 0 Å². The highest BCUT2D eigenvalue weighted by atomic mass is 16.5. The number of likely N-dealkylation sites (N-methyl/N-ethyl adjacent to an activating group) is 1. The van der Waals surface area contributed by atoms with Crippen molar-refractivity contribution in [3.63, 3.8) is 0 Å². The zero-order valence-corrected chi connectivity index (χ0v) is 19.8. The Morgan fingerprint density at radius 1 is 1.09 bits per heavy atom. The summed E-state index contributed by atoms with van der Waals surface area (Å²) in [4.78, 5) is 34.0. The highest BCUT2D eigenvalue weighted by molar-refractivity contribution is 5.94. The second kappa shape index (κ2) is 10.5. The molecule has 0 atom stereocenters. The van der Waals surface area contributed by atoms with Gasteiger partial charge in [-0.2, -0.15) is 5.10 Å². The first kappa shape index (κ1) is 23.4. The maximum atomic E-state index is 12.8. The van der Waals surface area contributed by atoms with Crippen LogP contribution in [-0.4, -0.2) is 71.4 Å². The number of nitrogens with one attached hydrogen (secondary N) is 1. The first-order valence-electron chi connectivity index (χ1n) is 11.5. The Labute approximate surface area is 199 Å². The molecule has 1 N–H and O–H groups in total. The maximum Gasteiger partial charge on any atom is 0.341 e. The van der Waals surface area contributed by atoms with Crippen LogP contribution >= 0.6 is 0 Å². The molecular weight excluding hydrogens is 432 g/mol. The Hall–Kier alpha value is -3.72. The number of hydrogen-bond acceptors (Lipinski definition) is 7. The predicted octanol–water partition coefficient (Wildman–Crippen LogP) is 2.43. The first-order chi connectivity index (χ1) is 16.5. The van der Waals surface area contributed by atoms with Crippen LogP contribution in [0.4, 0.5) is 5.82 Å². The molecule has 1 aromatic carbocycles. The van der Waals surface area contributed by atoms with E-state index in [1.54, 1.807) is 29.9 Å². The second-order valence-electron chi connectivity index (χ2n) is 8.28. The molecule has 3 aromatic rings. The van der Waals surface area contributed by atoms with E-state index < -0.39 is 5.97 Å². The summed E-state index contributed by atoms with van der Waals surface area (Å²) < 4.78 is 6.73. The number of nitrogens with zero attached hydrogens (tertiary/aromatic N) is 5. The van der Waals surface area contributed by atoms with Crippen molar-refractivity contribution in [2.75, 3.05) is 44.7 Å². The fraction of sp³-hybridized carbons (Fsp3) is 0.360. The lowest BCUT2D eigenvalue weighted by Crippen LogP contribution is -2.45. The molecule has 0 spiro atoms. The van der Waals surface area contributed by atoms with Crippen molar-refractivity contribution < 1.29 is 14.3 Å². The number of carbonyl (C=O) groups excluding carboxylic acids is 2. The Morgan fingerprint density at radius 3 is 2.53 bits per heavy atom. The molecule has 3 heterocycles. The van der Waals surface area contributed by atoms with Crippen LogP contribution in [-0.2, 0) is 11.3 Å². The minimum atomic E-state index is -0.395. The van der Waals surface area contributed by atoms with Crippen LogP contribution < -0.4 is 10.2 Å². The molecule has 2 aromatic heterocycles. The Kier molecular flexibility index (Phi) is 7.22. The number of anilines is 1. The largest absolute Gasteiger partial charge is 0.462 e. The lowest BCUT2D eigenvalue weighted by molar-refractivity contribution is 0.0525. The number of esters is 1. The number of rotatable bonds is 7. The van der Waals surface area contributed by atoms with Gasteiger partial charge in [-0.05, 0) is 51.2 Å². The third-order valence-electron chi connectivity index (χ3n) is 5.99. The van der Waals surface area contributed by atoms with Gasteiger partial charge in [0, 0.05) is 50.0 Å². The van der Waals surface area contributed by atoms with Gasteiger partial charge in [-0.1, -0.05) is 6.07 Å². The van der Waals surface area contributed by atoms with Crippen LogP contribution in [0.3, 0.4) is 0 Å². The molecule has 9 nitrogen and oxygen atoms in total. The standard InChI is InChI=1S/C25H30N6O3/c1-4-34-25(33)22-17-28-31(18(22)2)21-9-7-19(8-10-21)24(32)27-16-20-6-5-11-26-23(20)30-14-12-29(3)13-15-30/h5-11,17H,4,12-16H2,1-3H3,(H,27,32). The van der Waals surface area contributed by atoms with Gasteiger partial charge in [0.15, 0.2) is 0 Å². The van der Waals surface area contributed by atoms with Crippen LogP contribution in [0.25, 0.3) is 5.69 Å². The van der Waals surface area contributed by atoms with Crippen LogP contribution in [0.5, 0.6) is 0 Å². The fourth-order valence-electron chi connectivity index (χ4n) is 3.98. The summed E-state index contributed by atoms with van der Waals surface area (Å²) in [7, 11) is 2.12. The first-order valence-corrected chi connectivity index (χ1v) is 11.5. The average Bonchev–Trinajstić information content (AvgIpc) is 3.25. The number of pyridine rings is 1. The van der Waals surface area contributed by atoms with Gasteiger partial charge in [-0.15, -0.1) is 0 Å². The minimum Gasteiger partial charge on any atom is -0.462 e. The normalized spacial score (nSPS) is 14.1. The number of piperazine rings is 1. The number of benzene rings is 1. The summed E-state index contributed by atoms with van der Waals surface area (Å²) in [6.45, 7) is 8.11. The molecule has 1 aliphatic heterocycles. The zero-order chi connectivity index (χ0) is 24.1. The van der Waals surface area contributed by atoms with E-state index in [4.69, 9.17) is 4.74 Å². The lowest BCUT2D eigenvalue weighted by atomic mass is 10.1. The van der Waals surface area contributed by atoms with Gasteiger partial charge < -0.3 is 19.9 Å². The molecule has 1 saturated heterocycles. The molecule has 0 radical (unpaired) electrons. The van der Waals surface area contributed by atoms with E-state index in [0.29, 0.717) is 30.0 Å². The van der Waals surface area contributed by atoms with E-state index in [9.17, 15) is 9.59 Å². The van der Waals surface area contributed by atoms with Crippen LogP contribution in [0.1, 0.15) is 38.9 Å². The minimum absolute atomic E-state index is 0.163. The molecule has 0 unspecified atom stereocenters. The van der Waals surface area contributed by atoms with Crippen molar-refractivity contribution in [2.45, 2.75) is 20.4 Å². The van der Waals surface area contributed by atoms with Crippen molar-refractivity contribution in [3.8, 4) is 5.69 Å². The Bertz CT molecular complexity index is 1150. The summed E-state index contributed by atoms with van der Waals surface area (Å²) in [6.07, 6.45) is 3.29. The fourth-order valence-corrected chi connectivity index (χ4v) is 3.98. The molecule has 34 heavy (non-hydrogen) atoms. The predicted molar refractivity (Wildman–Crippen MR) is 129 cm³/mol. The smallest absolute Gasteiger partial charge is 0.341 e. The van der Waals surface area contributed by atoms with Gasteiger partial charge in [0.05, 0.1) is 24.2 Å². The van der Waals surface area contributed by atoms with E-state index in [1.807, 2.05) is 31.2 Å². The van der Waals surface area contributed by atoms with E-state index in [1.165, 1.54) is 6.20 Å². The van der Waals surface area contributed by atoms with Gasteiger partial charge in [0.25, 0.3) is 5.91 Å². The number of ether oxygens (including phenoxy) is 1. The van der Waals surface area contributed by atoms with Crippen molar-refractivity contribution >= 4 is 17.7 Å². The third-order valence-corrected chi connectivity index (χ3v) is 5.99. The average molecular weight is 463 g/mol. The van der Waals surface area contributed by atoms with Crippen molar-refractivity contribution in [1.29, 1.82) is 0 Å². The molecule has 1 fully saturated rings. The Balaban J connectivity index is 1.42. The van der Waals surface area contributed by atoms with Gasteiger partial charge in [0.2, 0.25) is 0 Å². The maximum absolute atomic E-state index is 12.8. The molecule has 178 valence electrons. The SMILES string of the molecule is CCOC(=O)c1cnn(-c2ccc(C(=O)NCc3cccnc3N3CCN(C)CC3)cc2)c1C. The van der Waals surface area contributed by atoms with Crippen molar-refractivity contribution in [2.24, 2.45) is 0 Å². The van der Waals surface area contributed by atoms with Crippen LogP contribution in [0.15, 0.2) is 48.8 Å². The van der Waals surface area contributed by atoms with Crippen LogP contribution in [0, 0.1) is 6.92 Å². The third kappa shape index (κ3) is 5.09. The number of carbonyl (C=O) groups is 2. The summed E-state index contributed by atoms with van der Waals surface area (Å²) in [6, 6.07) is 11.0. The molecule has 0 bridgehead atoms. The molecule has 4 rings (SSSR count). The molecule has 1 amide bonds. The van der Waals surface area contributed by atoms with Gasteiger partial charge in [-0.25, -0.2) is 14.5 Å². The van der Waals surface area contributed by atoms with E-state index in [0.717, 1.165) is 43.2 Å².